The number of nitrogens with zero attached hydrogens (tertiary/aromatic N) is 1. The van der Waals surface area contributed by atoms with E-state index in [0.717, 1.165) is 25.9 Å². The number of piperidine rings is 1. The summed E-state index contributed by atoms with van der Waals surface area (Å²) in [7, 11) is 1.81. The number of hydrogen-bond donors (Lipinski definition) is 1. The molecule has 0 spiro atoms. The van der Waals surface area contributed by atoms with E-state index >= 15 is 0 Å². The summed E-state index contributed by atoms with van der Waals surface area (Å²) in [4.78, 5) is 13.9. The molecule has 1 aliphatic heterocycles. The molecule has 1 atom stereocenters. The van der Waals surface area contributed by atoms with Crippen LogP contribution in [-0.4, -0.2) is 37.0 Å². The second-order valence-corrected chi connectivity index (χ2v) is 4.42. The van der Waals surface area contributed by atoms with Crippen molar-refractivity contribution in [3.8, 4) is 0 Å². The first-order chi connectivity index (χ1) is 8.18. The summed E-state index contributed by atoms with van der Waals surface area (Å²) in [5, 5.41) is 3.28. The van der Waals surface area contributed by atoms with Gasteiger partial charge in [-0.1, -0.05) is 0 Å². The number of nitrogens with one attached hydrogen (secondary N) is 1. The lowest BCUT2D eigenvalue weighted by atomic mass is 10.1. The zero-order valence-electron chi connectivity index (χ0n) is 10.4. The van der Waals surface area contributed by atoms with Gasteiger partial charge in [-0.05, 0) is 43.7 Å². The maximum Gasteiger partial charge on any atom is 0.253 e. The number of halogens is 2. The Hall–Kier alpha value is -1.13. The fraction of sp³-hybridized carbons (Fsp3) is 0.462. The fourth-order valence-electron chi connectivity index (χ4n) is 2.13. The number of benzene rings is 1. The quantitative estimate of drug-likeness (QED) is 0.894. The molecule has 5 heteroatoms. The van der Waals surface area contributed by atoms with Gasteiger partial charge in [0.25, 0.3) is 5.91 Å². The van der Waals surface area contributed by atoms with Crippen LogP contribution >= 0.6 is 12.4 Å². The highest BCUT2D eigenvalue weighted by Gasteiger charge is 2.22. The van der Waals surface area contributed by atoms with E-state index in [1.807, 2.05) is 7.05 Å². The summed E-state index contributed by atoms with van der Waals surface area (Å²) in [6.07, 6.45) is 2.11. The predicted molar refractivity (Wildman–Crippen MR) is 71.6 cm³/mol. The van der Waals surface area contributed by atoms with E-state index in [2.05, 4.69) is 5.32 Å². The Morgan fingerprint density at radius 1 is 1.39 bits per heavy atom. The lowest BCUT2D eigenvalue weighted by Crippen LogP contribution is -2.46. The van der Waals surface area contributed by atoms with Gasteiger partial charge in [-0.3, -0.25) is 4.79 Å². The van der Waals surface area contributed by atoms with Crippen LogP contribution in [0, 0.1) is 5.82 Å². The van der Waals surface area contributed by atoms with Crippen molar-refractivity contribution >= 4 is 18.3 Å². The summed E-state index contributed by atoms with van der Waals surface area (Å²) in [5.74, 6) is -0.359. The average Bonchev–Trinajstić information content (AvgIpc) is 2.39. The summed E-state index contributed by atoms with van der Waals surface area (Å²) in [6, 6.07) is 5.94. The summed E-state index contributed by atoms with van der Waals surface area (Å²) >= 11 is 0. The molecule has 0 aromatic heterocycles. The summed E-state index contributed by atoms with van der Waals surface area (Å²) < 4.78 is 12.8. The van der Waals surface area contributed by atoms with E-state index in [-0.39, 0.29) is 30.2 Å². The average molecular weight is 273 g/mol. The minimum atomic E-state index is -0.316. The molecule has 1 amide bonds. The minimum absolute atomic E-state index is 0. The van der Waals surface area contributed by atoms with Crippen LogP contribution in [0.3, 0.4) is 0 Å². The molecule has 0 saturated carbocycles. The summed E-state index contributed by atoms with van der Waals surface area (Å²) in [5.41, 5.74) is 0.541. The highest BCUT2D eigenvalue weighted by molar-refractivity contribution is 5.94. The maximum atomic E-state index is 12.8. The van der Waals surface area contributed by atoms with Gasteiger partial charge in [-0.15, -0.1) is 12.4 Å². The maximum absolute atomic E-state index is 12.8. The lowest BCUT2D eigenvalue weighted by Gasteiger charge is -2.31. The van der Waals surface area contributed by atoms with Gasteiger partial charge in [0.2, 0.25) is 0 Å². The molecule has 3 nitrogen and oxygen atoms in total. The second-order valence-electron chi connectivity index (χ2n) is 4.42. The van der Waals surface area contributed by atoms with E-state index in [9.17, 15) is 9.18 Å². The van der Waals surface area contributed by atoms with Crippen LogP contribution in [-0.2, 0) is 0 Å². The SMILES string of the molecule is CN(C(=O)c1ccc(F)cc1)C1CCCNC1.Cl. The van der Waals surface area contributed by atoms with Gasteiger partial charge in [-0.25, -0.2) is 4.39 Å². The van der Waals surface area contributed by atoms with Crippen molar-refractivity contribution in [2.24, 2.45) is 0 Å². The topological polar surface area (TPSA) is 32.3 Å². The third-order valence-corrected chi connectivity index (χ3v) is 3.23. The van der Waals surface area contributed by atoms with Crippen molar-refractivity contribution in [3.63, 3.8) is 0 Å². The number of rotatable bonds is 2. The van der Waals surface area contributed by atoms with Gasteiger partial charge < -0.3 is 10.2 Å². The molecule has 1 unspecified atom stereocenters. The van der Waals surface area contributed by atoms with Crippen LogP contribution in [0.2, 0.25) is 0 Å². The molecule has 1 N–H and O–H groups in total. The van der Waals surface area contributed by atoms with E-state index in [4.69, 9.17) is 0 Å². The molecule has 1 aromatic rings. The number of amides is 1. The third-order valence-electron chi connectivity index (χ3n) is 3.23. The number of likely N-dealkylation sites (N-methyl/N-ethyl adjacent to an activating group) is 1. The van der Waals surface area contributed by atoms with Crippen molar-refractivity contribution in [1.29, 1.82) is 0 Å². The number of carbonyl (C=O) groups excluding carboxylic acids is 1. The van der Waals surface area contributed by atoms with Crippen LogP contribution in [0.4, 0.5) is 4.39 Å². The molecule has 1 aliphatic rings. The molecule has 1 aromatic carbocycles. The number of hydrogen-bond acceptors (Lipinski definition) is 2. The standard InChI is InChI=1S/C13H17FN2O.ClH/c1-16(12-3-2-8-15-9-12)13(17)10-4-6-11(14)7-5-10;/h4-7,12,15H,2-3,8-9H2,1H3;1H. The van der Waals surface area contributed by atoms with Crippen molar-refractivity contribution in [3.05, 3.63) is 35.6 Å². The fourth-order valence-corrected chi connectivity index (χ4v) is 2.13. The molecule has 1 fully saturated rings. The highest BCUT2D eigenvalue weighted by atomic mass is 35.5. The molecule has 1 heterocycles. The third kappa shape index (κ3) is 3.43. The van der Waals surface area contributed by atoms with Crippen LogP contribution in [0.5, 0.6) is 0 Å². The van der Waals surface area contributed by atoms with Crippen LogP contribution < -0.4 is 5.32 Å². The highest BCUT2D eigenvalue weighted by Crippen LogP contribution is 2.13. The summed E-state index contributed by atoms with van der Waals surface area (Å²) in [6.45, 7) is 1.86. The first-order valence-corrected chi connectivity index (χ1v) is 5.92. The van der Waals surface area contributed by atoms with Gasteiger partial charge >= 0.3 is 0 Å². The van der Waals surface area contributed by atoms with Gasteiger partial charge in [0, 0.05) is 25.2 Å². The Kier molecular flexibility index (Phi) is 5.56. The van der Waals surface area contributed by atoms with Crippen molar-refractivity contribution in [2.45, 2.75) is 18.9 Å². The molecular formula is C13H18ClFN2O. The van der Waals surface area contributed by atoms with E-state index in [0.29, 0.717) is 5.56 Å². The molecule has 0 radical (unpaired) electrons. The molecule has 100 valence electrons. The Morgan fingerprint density at radius 3 is 2.61 bits per heavy atom. The first-order valence-electron chi connectivity index (χ1n) is 5.92. The largest absolute Gasteiger partial charge is 0.337 e. The Labute approximate surface area is 113 Å². The zero-order chi connectivity index (χ0) is 12.3. The molecule has 0 bridgehead atoms. The van der Waals surface area contributed by atoms with Crippen molar-refractivity contribution in [2.75, 3.05) is 20.1 Å². The Bertz CT molecular complexity index is 390. The van der Waals surface area contributed by atoms with Crippen LogP contribution in [0.15, 0.2) is 24.3 Å². The van der Waals surface area contributed by atoms with E-state index in [1.165, 1.54) is 24.3 Å². The Balaban J connectivity index is 0.00000162. The van der Waals surface area contributed by atoms with Crippen molar-refractivity contribution in [1.82, 2.24) is 10.2 Å². The first kappa shape index (κ1) is 14.9. The van der Waals surface area contributed by atoms with Gasteiger partial charge in [-0.2, -0.15) is 0 Å². The monoisotopic (exact) mass is 272 g/mol. The van der Waals surface area contributed by atoms with E-state index in [1.54, 1.807) is 4.90 Å². The second kappa shape index (κ2) is 6.71. The number of carbonyl (C=O) groups is 1. The van der Waals surface area contributed by atoms with Crippen LogP contribution in [0.25, 0.3) is 0 Å². The van der Waals surface area contributed by atoms with Crippen molar-refractivity contribution < 1.29 is 9.18 Å². The Morgan fingerprint density at radius 2 is 2.06 bits per heavy atom. The molecule has 2 rings (SSSR count). The van der Waals surface area contributed by atoms with Gasteiger partial charge in [0.15, 0.2) is 0 Å². The molecule has 0 aliphatic carbocycles. The minimum Gasteiger partial charge on any atom is -0.337 e. The smallest absolute Gasteiger partial charge is 0.253 e. The predicted octanol–water partition coefficient (Wildman–Crippen LogP) is 2.07. The van der Waals surface area contributed by atoms with E-state index < -0.39 is 0 Å². The molecular weight excluding hydrogens is 255 g/mol. The van der Waals surface area contributed by atoms with Gasteiger partial charge in [0.1, 0.15) is 5.82 Å². The van der Waals surface area contributed by atoms with Gasteiger partial charge in [0.05, 0.1) is 0 Å². The molecule has 18 heavy (non-hydrogen) atoms. The lowest BCUT2D eigenvalue weighted by molar-refractivity contribution is 0.0708. The zero-order valence-corrected chi connectivity index (χ0v) is 11.2. The molecule has 1 saturated heterocycles. The normalized spacial score (nSPS) is 18.9. The van der Waals surface area contributed by atoms with Crippen LogP contribution in [0.1, 0.15) is 23.2 Å².